The Hall–Kier alpha value is -2.36. The normalized spacial score (nSPS) is 16.9. The van der Waals surface area contributed by atoms with Crippen molar-refractivity contribution in [2.75, 3.05) is 18.5 Å². The van der Waals surface area contributed by atoms with Crippen molar-refractivity contribution in [3.63, 3.8) is 0 Å². The molecule has 1 aliphatic heterocycles. The third kappa shape index (κ3) is 4.73. The van der Waals surface area contributed by atoms with Gasteiger partial charge < -0.3 is 10.1 Å². The molecule has 2 aromatic rings. The van der Waals surface area contributed by atoms with Crippen molar-refractivity contribution in [3.05, 3.63) is 59.2 Å². The number of hydrogen-bond acceptors (Lipinski definition) is 4. The molecule has 0 aliphatic carbocycles. The number of benzene rings is 2. The van der Waals surface area contributed by atoms with E-state index in [-0.39, 0.29) is 23.2 Å². The number of carbonyl (C=O) groups is 1. The Labute approximate surface area is 162 Å². The molecule has 9 heteroatoms. The molecule has 1 aliphatic rings. The van der Waals surface area contributed by atoms with Gasteiger partial charge in [0.15, 0.2) is 0 Å². The molecule has 1 unspecified atom stereocenters. The van der Waals surface area contributed by atoms with Gasteiger partial charge in [-0.3, -0.25) is 4.79 Å². The first kappa shape index (κ1) is 20.4. The molecule has 6 nitrogen and oxygen atoms in total. The van der Waals surface area contributed by atoms with Crippen molar-refractivity contribution in [1.29, 1.82) is 0 Å². The Morgan fingerprint density at radius 1 is 1.18 bits per heavy atom. The minimum absolute atomic E-state index is 0.101. The fraction of sp³-hybridized carbons (Fsp3) is 0.316. The average Bonchev–Trinajstić information content (AvgIpc) is 3.17. The van der Waals surface area contributed by atoms with Gasteiger partial charge in [-0.05, 0) is 55.7 Å². The van der Waals surface area contributed by atoms with Crippen LogP contribution in [0.5, 0.6) is 0 Å². The first-order chi connectivity index (χ1) is 13.3. The summed E-state index contributed by atoms with van der Waals surface area (Å²) < 4.78 is 60.4. The zero-order valence-corrected chi connectivity index (χ0v) is 16.0. The number of aryl methyl sites for hydroxylation is 1. The van der Waals surface area contributed by atoms with E-state index in [1.165, 1.54) is 12.1 Å². The highest BCUT2D eigenvalue weighted by atomic mass is 32.2. The lowest BCUT2D eigenvalue weighted by Gasteiger charge is -2.12. The molecule has 0 spiro atoms. The number of anilines is 1. The van der Waals surface area contributed by atoms with Gasteiger partial charge in [-0.25, -0.2) is 21.9 Å². The molecule has 150 valence electrons. The highest BCUT2D eigenvalue weighted by Gasteiger charge is 2.22. The summed E-state index contributed by atoms with van der Waals surface area (Å²) in [5.74, 6) is -2.28. The molecule has 0 aromatic heterocycles. The van der Waals surface area contributed by atoms with Gasteiger partial charge in [-0.1, -0.05) is 6.07 Å². The second kappa shape index (κ2) is 8.34. The fourth-order valence-corrected chi connectivity index (χ4v) is 3.90. The second-order valence-electron chi connectivity index (χ2n) is 6.55. The van der Waals surface area contributed by atoms with Crippen molar-refractivity contribution < 1.29 is 26.7 Å². The molecule has 1 fully saturated rings. The van der Waals surface area contributed by atoms with Gasteiger partial charge >= 0.3 is 0 Å². The maximum absolute atomic E-state index is 14.1. The molecule has 1 amide bonds. The quantitative estimate of drug-likeness (QED) is 0.767. The molecule has 0 bridgehead atoms. The van der Waals surface area contributed by atoms with Crippen LogP contribution in [-0.2, 0) is 14.8 Å². The van der Waals surface area contributed by atoms with Crippen LogP contribution < -0.4 is 10.0 Å². The first-order valence-corrected chi connectivity index (χ1v) is 10.2. The fourth-order valence-electron chi connectivity index (χ4n) is 2.81. The zero-order valence-electron chi connectivity index (χ0n) is 15.2. The predicted molar refractivity (Wildman–Crippen MR) is 99.7 cm³/mol. The van der Waals surface area contributed by atoms with Crippen LogP contribution in [-0.4, -0.2) is 33.6 Å². The van der Waals surface area contributed by atoms with Crippen LogP contribution in [0.4, 0.5) is 14.5 Å². The second-order valence-corrected chi connectivity index (χ2v) is 8.31. The number of hydrogen-bond donors (Lipinski definition) is 2. The summed E-state index contributed by atoms with van der Waals surface area (Å²) in [6.45, 7) is 2.26. The Balaban J connectivity index is 1.77. The lowest BCUT2D eigenvalue weighted by atomic mass is 10.1. The van der Waals surface area contributed by atoms with E-state index in [0.717, 1.165) is 37.1 Å². The van der Waals surface area contributed by atoms with Gasteiger partial charge in [0.1, 0.15) is 11.6 Å². The van der Waals surface area contributed by atoms with Crippen molar-refractivity contribution >= 4 is 21.6 Å². The van der Waals surface area contributed by atoms with E-state index in [1.54, 1.807) is 6.92 Å². The molecule has 3 rings (SSSR count). The summed E-state index contributed by atoms with van der Waals surface area (Å²) >= 11 is 0. The molecule has 28 heavy (non-hydrogen) atoms. The van der Waals surface area contributed by atoms with Crippen LogP contribution in [0.15, 0.2) is 41.3 Å². The van der Waals surface area contributed by atoms with Gasteiger partial charge in [0.2, 0.25) is 10.0 Å². The van der Waals surface area contributed by atoms with Gasteiger partial charge in [0.05, 0.1) is 16.6 Å². The number of nitrogens with one attached hydrogen (secondary N) is 2. The number of sulfonamides is 1. The summed E-state index contributed by atoms with van der Waals surface area (Å²) in [5, 5.41) is 2.37. The minimum Gasteiger partial charge on any atom is -0.377 e. The highest BCUT2D eigenvalue weighted by Crippen LogP contribution is 2.19. The number of amides is 1. The van der Waals surface area contributed by atoms with Crippen LogP contribution in [0.25, 0.3) is 0 Å². The highest BCUT2D eigenvalue weighted by molar-refractivity contribution is 7.89. The predicted octanol–water partition coefficient (Wildman–Crippen LogP) is 2.98. The third-order valence-corrected chi connectivity index (χ3v) is 5.87. The first-order valence-electron chi connectivity index (χ1n) is 8.74. The van der Waals surface area contributed by atoms with E-state index in [2.05, 4.69) is 10.0 Å². The molecule has 1 atom stereocenters. The van der Waals surface area contributed by atoms with Crippen LogP contribution >= 0.6 is 0 Å². The van der Waals surface area contributed by atoms with Gasteiger partial charge in [0, 0.05) is 18.8 Å². The van der Waals surface area contributed by atoms with E-state index >= 15 is 0 Å². The van der Waals surface area contributed by atoms with Crippen LogP contribution in [0.2, 0.25) is 0 Å². The largest absolute Gasteiger partial charge is 0.377 e. The number of rotatable bonds is 6. The maximum atomic E-state index is 14.1. The lowest BCUT2D eigenvalue weighted by Crippen LogP contribution is -2.32. The van der Waals surface area contributed by atoms with E-state index in [9.17, 15) is 22.0 Å². The molecule has 1 saturated heterocycles. The van der Waals surface area contributed by atoms with Crippen LogP contribution in [0.1, 0.15) is 28.8 Å². The zero-order chi connectivity index (χ0) is 20.3. The van der Waals surface area contributed by atoms with E-state index in [4.69, 9.17) is 4.74 Å². The summed E-state index contributed by atoms with van der Waals surface area (Å²) in [6.07, 6.45) is 1.42. The van der Waals surface area contributed by atoms with Crippen molar-refractivity contribution in [3.8, 4) is 0 Å². The molecular formula is C19H20F2N2O4S. The average molecular weight is 410 g/mol. The van der Waals surface area contributed by atoms with E-state index in [1.807, 2.05) is 0 Å². The molecule has 2 aromatic carbocycles. The number of halogens is 2. The van der Waals surface area contributed by atoms with Crippen molar-refractivity contribution in [1.82, 2.24) is 4.72 Å². The molecule has 1 heterocycles. The van der Waals surface area contributed by atoms with Crippen LogP contribution in [0, 0.1) is 18.6 Å². The Bertz CT molecular complexity index is 989. The minimum atomic E-state index is -3.94. The lowest BCUT2D eigenvalue weighted by molar-refractivity contribution is 0.102. The summed E-state index contributed by atoms with van der Waals surface area (Å²) in [7, 11) is -3.94. The number of ether oxygens (including phenoxy) is 1. The van der Waals surface area contributed by atoms with Gasteiger partial charge in [-0.2, -0.15) is 0 Å². The SMILES string of the molecule is Cc1ccc(NC(=O)c2cc(S(=O)(=O)NCC3CCCO3)ccc2F)cc1F. The smallest absolute Gasteiger partial charge is 0.258 e. The monoisotopic (exact) mass is 410 g/mol. The van der Waals surface area contributed by atoms with E-state index < -0.39 is 33.1 Å². The van der Waals surface area contributed by atoms with E-state index in [0.29, 0.717) is 12.2 Å². The summed E-state index contributed by atoms with van der Waals surface area (Å²) in [4.78, 5) is 12.1. The van der Waals surface area contributed by atoms with Gasteiger partial charge in [0.25, 0.3) is 5.91 Å². The standard InChI is InChI=1S/C19H20F2N2O4S/c1-12-4-5-13(9-18(12)21)23-19(24)16-10-15(6-7-17(16)20)28(25,26)22-11-14-3-2-8-27-14/h4-7,9-10,14,22H,2-3,8,11H2,1H3,(H,23,24). The topological polar surface area (TPSA) is 84.5 Å². The molecule has 2 N–H and O–H groups in total. The van der Waals surface area contributed by atoms with Crippen molar-refractivity contribution in [2.45, 2.75) is 30.8 Å². The van der Waals surface area contributed by atoms with Crippen molar-refractivity contribution in [2.24, 2.45) is 0 Å². The molecule has 0 saturated carbocycles. The summed E-state index contributed by atoms with van der Waals surface area (Å²) in [6, 6.07) is 6.98. The molecular weight excluding hydrogens is 390 g/mol. The van der Waals surface area contributed by atoms with Gasteiger partial charge in [-0.15, -0.1) is 0 Å². The Morgan fingerprint density at radius 2 is 1.96 bits per heavy atom. The number of carbonyl (C=O) groups excluding carboxylic acids is 1. The Morgan fingerprint density at radius 3 is 2.64 bits per heavy atom. The third-order valence-electron chi connectivity index (χ3n) is 4.45. The molecule has 0 radical (unpaired) electrons. The Kier molecular flexibility index (Phi) is 6.07. The van der Waals surface area contributed by atoms with Crippen LogP contribution in [0.3, 0.4) is 0 Å². The maximum Gasteiger partial charge on any atom is 0.258 e. The summed E-state index contributed by atoms with van der Waals surface area (Å²) in [5.41, 5.74) is 0.0767.